The van der Waals surface area contributed by atoms with E-state index in [1.165, 1.54) is 69.7 Å². The van der Waals surface area contributed by atoms with Gasteiger partial charge < -0.3 is 4.42 Å². The molecule has 2 aromatic heterocycles. The van der Waals surface area contributed by atoms with Gasteiger partial charge in [0, 0.05) is 28.3 Å². The van der Waals surface area contributed by atoms with Gasteiger partial charge in [-0.2, -0.15) is 4.57 Å². The Morgan fingerprint density at radius 1 is 0.868 bits per heavy atom. The number of fused-ring (bicyclic) bond motifs is 4. The maximum Gasteiger partial charge on any atom is 0.216 e. The fourth-order valence-electron chi connectivity index (χ4n) is 6.63. The zero-order valence-corrected chi connectivity index (χ0v) is 24.7. The largest absolute Gasteiger partial charge is 0.456 e. The zero-order chi connectivity index (χ0) is 26.9. The van der Waals surface area contributed by atoms with Crippen LogP contribution in [0.4, 0.5) is 5.69 Å². The van der Waals surface area contributed by atoms with E-state index in [4.69, 9.17) is 11.0 Å². The molecule has 0 spiro atoms. The van der Waals surface area contributed by atoms with E-state index < -0.39 is 8.07 Å². The zero-order valence-electron chi connectivity index (χ0n) is 23.7. The summed E-state index contributed by atoms with van der Waals surface area (Å²) in [6, 6.07) is 16.0. The van der Waals surface area contributed by atoms with Crippen LogP contribution in [0, 0.1) is 27.3 Å². The summed E-state index contributed by atoms with van der Waals surface area (Å²) in [6.45, 7) is 21.4. The Bertz CT molecular complexity index is 1810. The van der Waals surface area contributed by atoms with E-state index in [0.29, 0.717) is 11.6 Å². The summed E-state index contributed by atoms with van der Waals surface area (Å²) in [5, 5.41) is 5.15. The van der Waals surface area contributed by atoms with Gasteiger partial charge in [-0.3, -0.25) is 0 Å². The molecule has 1 saturated carbocycles. The first kappa shape index (κ1) is 24.9. The van der Waals surface area contributed by atoms with Gasteiger partial charge >= 0.3 is 0 Å². The molecule has 0 radical (unpaired) electrons. The smallest absolute Gasteiger partial charge is 0.216 e. The van der Waals surface area contributed by atoms with Gasteiger partial charge in [-0.25, -0.2) is 4.85 Å². The molecule has 5 aromatic rings. The van der Waals surface area contributed by atoms with Crippen LogP contribution in [0.2, 0.25) is 19.6 Å². The van der Waals surface area contributed by atoms with Gasteiger partial charge in [-0.05, 0) is 79.1 Å². The molecule has 0 amide bonds. The van der Waals surface area contributed by atoms with Crippen molar-refractivity contribution in [1.29, 1.82) is 0 Å². The predicted molar refractivity (Wildman–Crippen MR) is 162 cm³/mol. The average molecular weight is 518 g/mol. The van der Waals surface area contributed by atoms with E-state index >= 15 is 0 Å². The van der Waals surface area contributed by atoms with Gasteiger partial charge in [0.25, 0.3) is 0 Å². The Morgan fingerprint density at radius 2 is 1.61 bits per heavy atom. The average Bonchev–Trinajstić information content (AvgIpc) is 3.54. The van der Waals surface area contributed by atoms with Crippen LogP contribution in [0.1, 0.15) is 53.9 Å². The lowest BCUT2D eigenvalue weighted by Gasteiger charge is -2.21. The van der Waals surface area contributed by atoms with Crippen molar-refractivity contribution in [3.8, 4) is 11.3 Å². The van der Waals surface area contributed by atoms with Gasteiger partial charge in [0.1, 0.15) is 18.2 Å². The van der Waals surface area contributed by atoms with Crippen LogP contribution in [0.25, 0.3) is 48.9 Å². The molecule has 0 saturated heterocycles. The van der Waals surface area contributed by atoms with Crippen LogP contribution in [-0.2, 0) is 7.05 Å². The molecular weight excluding hydrogens is 480 g/mol. The number of hydrogen-bond donors (Lipinski definition) is 0. The van der Waals surface area contributed by atoms with Crippen molar-refractivity contribution in [2.45, 2.75) is 72.0 Å². The third-order valence-electron chi connectivity index (χ3n) is 9.00. The summed E-state index contributed by atoms with van der Waals surface area (Å²) >= 11 is 0. The first-order valence-electron chi connectivity index (χ1n) is 13.9. The fraction of sp³-hybridized carbons (Fsp3) is 0.353. The van der Waals surface area contributed by atoms with Crippen molar-refractivity contribution in [1.82, 2.24) is 0 Å². The van der Waals surface area contributed by atoms with Crippen molar-refractivity contribution < 1.29 is 8.98 Å². The van der Waals surface area contributed by atoms with Gasteiger partial charge in [0.15, 0.2) is 5.69 Å². The standard InChI is InChI=1S/C34H37N2OSi/c1-20-17-26-25-14-15-28(35-4)22(3)33(25)37-34(26)32(21(20)2)30-19-31(38(6,7)8)27-18-24(23-11-9-10-12-23)13-16-29(27)36(30)5/h13-19,23H,9-12H2,1-3,5-8H3/q+1. The molecule has 0 aliphatic heterocycles. The predicted octanol–water partition coefficient (Wildman–Crippen LogP) is 8.91. The molecule has 0 unspecified atom stereocenters. The maximum absolute atomic E-state index is 7.58. The molecule has 2 heterocycles. The summed E-state index contributed by atoms with van der Waals surface area (Å²) in [6.07, 6.45) is 5.35. The number of hydrogen-bond acceptors (Lipinski definition) is 1. The maximum atomic E-state index is 7.58. The van der Waals surface area contributed by atoms with Crippen molar-refractivity contribution >= 4 is 51.8 Å². The molecule has 192 valence electrons. The number of benzene rings is 3. The minimum absolute atomic E-state index is 0.655. The summed E-state index contributed by atoms with van der Waals surface area (Å²) in [5.41, 5.74) is 11.0. The molecular formula is C34H37N2OSi+. The minimum Gasteiger partial charge on any atom is -0.456 e. The Morgan fingerprint density at radius 3 is 2.29 bits per heavy atom. The normalized spacial score (nSPS) is 14.7. The highest BCUT2D eigenvalue weighted by Crippen LogP contribution is 2.42. The van der Waals surface area contributed by atoms with Crippen LogP contribution in [0.3, 0.4) is 0 Å². The molecule has 0 bridgehead atoms. The molecule has 1 aliphatic rings. The number of aryl methyl sites for hydroxylation is 3. The SMILES string of the molecule is [C-]#[N+]c1ccc2c(oc3c(-c4cc([Si](C)(C)C)c5cc(C6CCCC6)ccc5[n+]4C)c(C)c(C)cc32)c1C. The number of rotatable bonds is 3. The molecule has 3 aromatic carbocycles. The summed E-state index contributed by atoms with van der Waals surface area (Å²) < 4.78 is 9.06. The highest BCUT2D eigenvalue weighted by atomic mass is 28.3. The molecule has 38 heavy (non-hydrogen) atoms. The van der Waals surface area contributed by atoms with Crippen LogP contribution in [0.5, 0.6) is 0 Å². The second kappa shape index (κ2) is 8.82. The van der Waals surface area contributed by atoms with Gasteiger partial charge in [0.05, 0.1) is 20.2 Å². The third-order valence-corrected chi connectivity index (χ3v) is 11.0. The van der Waals surface area contributed by atoms with Crippen LogP contribution < -0.4 is 9.75 Å². The summed E-state index contributed by atoms with van der Waals surface area (Å²) in [4.78, 5) is 3.72. The summed E-state index contributed by atoms with van der Waals surface area (Å²) in [7, 11) is 0.532. The third kappa shape index (κ3) is 3.71. The molecule has 1 fully saturated rings. The Kier molecular flexibility index (Phi) is 5.77. The lowest BCUT2D eigenvalue weighted by Crippen LogP contribution is -2.43. The van der Waals surface area contributed by atoms with Gasteiger partial charge in [0.2, 0.25) is 11.2 Å². The number of pyridine rings is 1. The van der Waals surface area contributed by atoms with Crippen molar-refractivity contribution in [3.05, 3.63) is 76.1 Å². The lowest BCUT2D eigenvalue weighted by molar-refractivity contribution is -0.633. The molecule has 0 atom stereocenters. The minimum atomic E-state index is -1.68. The molecule has 3 nitrogen and oxygen atoms in total. The quantitative estimate of drug-likeness (QED) is 0.133. The second-order valence-corrected chi connectivity index (χ2v) is 17.4. The first-order valence-corrected chi connectivity index (χ1v) is 17.4. The van der Waals surface area contributed by atoms with Crippen LogP contribution in [-0.4, -0.2) is 8.07 Å². The van der Waals surface area contributed by atoms with Gasteiger partial charge in [-0.15, -0.1) is 0 Å². The van der Waals surface area contributed by atoms with Crippen LogP contribution in [0.15, 0.2) is 46.9 Å². The van der Waals surface area contributed by atoms with E-state index in [2.05, 4.69) is 86.3 Å². The highest BCUT2D eigenvalue weighted by Gasteiger charge is 2.30. The molecule has 4 heteroatoms. The molecule has 1 aliphatic carbocycles. The number of furan rings is 1. The van der Waals surface area contributed by atoms with E-state index in [1.54, 1.807) is 0 Å². The van der Waals surface area contributed by atoms with E-state index in [1.807, 2.05) is 13.0 Å². The Hall–Kier alpha value is -3.42. The van der Waals surface area contributed by atoms with E-state index in [-0.39, 0.29) is 0 Å². The topological polar surface area (TPSA) is 21.4 Å². The van der Waals surface area contributed by atoms with E-state index in [0.717, 1.165) is 27.5 Å². The second-order valence-electron chi connectivity index (χ2n) is 12.4. The van der Waals surface area contributed by atoms with Crippen molar-refractivity contribution in [2.24, 2.45) is 7.05 Å². The monoisotopic (exact) mass is 517 g/mol. The Balaban J connectivity index is 1.70. The van der Waals surface area contributed by atoms with Gasteiger partial charge in [-0.1, -0.05) is 50.7 Å². The number of aromatic nitrogens is 1. The summed E-state index contributed by atoms with van der Waals surface area (Å²) in [5.74, 6) is 0.705. The Labute approximate surface area is 226 Å². The lowest BCUT2D eigenvalue weighted by atomic mass is 9.94. The van der Waals surface area contributed by atoms with Crippen LogP contribution >= 0.6 is 0 Å². The van der Waals surface area contributed by atoms with E-state index in [9.17, 15) is 0 Å². The van der Waals surface area contributed by atoms with Crippen molar-refractivity contribution in [2.75, 3.05) is 0 Å². The number of nitrogens with zero attached hydrogens (tertiary/aromatic N) is 2. The van der Waals surface area contributed by atoms with Crippen molar-refractivity contribution in [3.63, 3.8) is 0 Å². The highest BCUT2D eigenvalue weighted by molar-refractivity contribution is 6.90. The molecule has 0 N–H and O–H groups in total. The first-order chi connectivity index (χ1) is 18.1. The fourth-order valence-corrected chi connectivity index (χ4v) is 8.21. The molecule has 6 rings (SSSR count).